The van der Waals surface area contributed by atoms with E-state index in [-0.39, 0.29) is 31.0 Å². The van der Waals surface area contributed by atoms with Crippen LogP contribution in [0.15, 0.2) is 18.2 Å². The number of aliphatic carboxylic acids is 1. The fourth-order valence-electron chi connectivity index (χ4n) is 1.93. The quantitative estimate of drug-likeness (QED) is 0.737. The second-order valence-electron chi connectivity index (χ2n) is 5.40. The molecule has 0 aliphatic carbocycles. The molecule has 0 bridgehead atoms. The second kappa shape index (κ2) is 7.75. The van der Waals surface area contributed by atoms with Gasteiger partial charge in [-0.05, 0) is 31.5 Å². The van der Waals surface area contributed by atoms with Crippen molar-refractivity contribution in [3.63, 3.8) is 0 Å². The zero-order valence-corrected chi connectivity index (χ0v) is 13.2. The number of hydrogen-bond acceptors (Lipinski definition) is 3. The second-order valence-corrected chi connectivity index (χ2v) is 5.40. The Morgan fingerprint density at radius 3 is 1.81 bits per heavy atom. The van der Waals surface area contributed by atoms with Gasteiger partial charge >= 0.3 is 18.3 Å². The van der Waals surface area contributed by atoms with Crippen molar-refractivity contribution >= 4 is 17.7 Å². The van der Waals surface area contributed by atoms with E-state index in [1.807, 2.05) is 5.32 Å². The van der Waals surface area contributed by atoms with Crippen LogP contribution in [0.4, 0.5) is 26.3 Å². The minimum atomic E-state index is -5.14. The van der Waals surface area contributed by atoms with Crippen molar-refractivity contribution in [2.45, 2.75) is 38.2 Å². The minimum absolute atomic E-state index is 0.152. The number of carboxylic acids is 1. The first-order valence-corrected chi connectivity index (χ1v) is 7.04. The number of benzene rings is 1. The summed E-state index contributed by atoms with van der Waals surface area (Å²) in [5.74, 6) is -3.41. The molecule has 1 atom stereocenters. The van der Waals surface area contributed by atoms with Gasteiger partial charge in [-0.25, -0.2) is 4.79 Å². The van der Waals surface area contributed by atoms with E-state index >= 15 is 0 Å². The van der Waals surface area contributed by atoms with Crippen LogP contribution in [0.5, 0.6) is 0 Å². The molecule has 144 valence electrons. The van der Waals surface area contributed by atoms with Crippen LogP contribution in [0.3, 0.4) is 0 Å². The third-order valence-electron chi connectivity index (χ3n) is 3.24. The number of carboxylic acid groups (broad SMARTS) is 1. The Bertz CT molecular complexity index is 679. The fraction of sp³-hybridized carbons (Fsp3) is 0.400. The molecule has 0 radical (unpaired) electrons. The molecule has 26 heavy (non-hydrogen) atoms. The molecule has 0 aliphatic heterocycles. The van der Waals surface area contributed by atoms with E-state index < -0.39 is 52.7 Å². The van der Waals surface area contributed by atoms with Gasteiger partial charge in [-0.1, -0.05) is 0 Å². The lowest BCUT2D eigenvalue weighted by molar-refractivity contribution is -0.143. The Kier molecular flexibility index (Phi) is 6.39. The van der Waals surface area contributed by atoms with Crippen molar-refractivity contribution in [3.05, 3.63) is 34.9 Å². The molecule has 1 amide bonds. The fourth-order valence-corrected chi connectivity index (χ4v) is 1.93. The normalized spacial score (nSPS) is 13.2. The first kappa shape index (κ1) is 21.5. The molecule has 1 aromatic rings. The summed E-state index contributed by atoms with van der Waals surface area (Å²) in [6.45, 7) is 1.16. The van der Waals surface area contributed by atoms with E-state index in [9.17, 15) is 40.7 Å². The highest BCUT2D eigenvalue weighted by atomic mass is 19.4. The number of amides is 1. The van der Waals surface area contributed by atoms with Crippen molar-refractivity contribution in [3.8, 4) is 0 Å². The van der Waals surface area contributed by atoms with E-state index in [0.29, 0.717) is 0 Å². The largest absolute Gasteiger partial charge is 0.480 e. The molecular formula is C15H13F6NO4. The first-order chi connectivity index (χ1) is 11.7. The van der Waals surface area contributed by atoms with Gasteiger partial charge in [-0.3, -0.25) is 4.79 Å². The molecule has 0 unspecified atom stereocenters. The van der Waals surface area contributed by atoms with Crippen molar-refractivity contribution in [2.24, 2.45) is 0 Å². The molecule has 0 aromatic heterocycles. The maximum atomic E-state index is 12.8. The number of halogens is 6. The predicted octanol–water partition coefficient (Wildman–Crippen LogP) is 3.28. The van der Waals surface area contributed by atoms with Crippen molar-refractivity contribution in [2.75, 3.05) is 0 Å². The highest BCUT2D eigenvalue weighted by Gasteiger charge is 2.37. The summed E-state index contributed by atoms with van der Waals surface area (Å²) < 4.78 is 76.6. The number of carbonyl (C=O) groups excluding carboxylic acids is 2. The van der Waals surface area contributed by atoms with Gasteiger partial charge in [0, 0.05) is 12.0 Å². The van der Waals surface area contributed by atoms with Gasteiger partial charge in [0.2, 0.25) is 0 Å². The molecule has 11 heteroatoms. The number of Topliss-reactive ketones (excluding diaryl/α,β-unsaturated/α-hetero) is 1. The van der Waals surface area contributed by atoms with Crippen LogP contribution >= 0.6 is 0 Å². The molecule has 0 fully saturated rings. The summed E-state index contributed by atoms with van der Waals surface area (Å²) in [7, 11) is 0. The topological polar surface area (TPSA) is 83.5 Å². The molecule has 1 aromatic carbocycles. The van der Waals surface area contributed by atoms with Gasteiger partial charge < -0.3 is 15.2 Å². The third kappa shape index (κ3) is 6.05. The Hall–Kier alpha value is -2.59. The average molecular weight is 385 g/mol. The van der Waals surface area contributed by atoms with Gasteiger partial charge in [0.25, 0.3) is 5.91 Å². The van der Waals surface area contributed by atoms with Gasteiger partial charge in [-0.15, -0.1) is 0 Å². The molecule has 0 saturated heterocycles. The Morgan fingerprint density at radius 2 is 1.46 bits per heavy atom. The lowest BCUT2D eigenvalue weighted by Crippen LogP contribution is -2.41. The number of ketones is 1. The van der Waals surface area contributed by atoms with Crippen molar-refractivity contribution in [1.29, 1.82) is 0 Å². The zero-order valence-electron chi connectivity index (χ0n) is 13.2. The predicted molar refractivity (Wildman–Crippen MR) is 75.3 cm³/mol. The molecule has 0 spiro atoms. The summed E-state index contributed by atoms with van der Waals surface area (Å²) in [6.07, 6.45) is -10.9. The number of nitrogens with one attached hydrogen (secondary N) is 1. The lowest BCUT2D eigenvalue weighted by Gasteiger charge is -2.16. The van der Waals surface area contributed by atoms with Crippen LogP contribution in [0.2, 0.25) is 0 Å². The van der Waals surface area contributed by atoms with Crippen LogP contribution in [0.1, 0.15) is 41.3 Å². The van der Waals surface area contributed by atoms with Crippen LogP contribution in [-0.2, 0) is 21.9 Å². The van der Waals surface area contributed by atoms with Crippen molar-refractivity contribution < 1.29 is 45.8 Å². The van der Waals surface area contributed by atoms with E-state index in [0.717, 1.165) is 6.92 Å². The standard InChI is InChI=1S/C15H13F6NO4/c1-7(23)2-3-11(13(25)26)22-12(24)8-4-9(14(16,17)18)6-10(5-8)15(19,20)21/h4-6,11H,2-3H2,1H3,(H,22,24)(H,25,26)/t11-/m1/s1. The lowest BCUT2D eigenvalue weighted by atomic mass is 10.0. The summed E-state index contributed by atoms with van der Waals surface area (Å²) >= 11 is 0. The van der Waals surface area contributed by atoms with Gasteiger partial charge in [-0.2, -0.15) is 26.3 Å². The molecular weight excluding hydrogens is 372 g/mol. The van der Waals surface area contributed by atoms with Crippen LogP contribution in [0, 0.1) is 0 Å². The Balaban J connectivity index is 3.21. The Labute approximate surface area is 143 Å². The maximum absolute atomic E-state index is 12.8. The number of carbonyl (C=O) groups is 3. The van der Waals surface area contributed by atoms with Crippen LogP contribution < -0.4 is 5.32 Å². The van der Waals surface area contributed by atoms with Gasteiger partial charge in [0.1, 0.15) is 11.8 Å². The summed E-state index contributed by atoms with van der Waals surface area (Å²) in [5.41, 5.74) is -4.40. The summed E-state index contributed by atoms with van der Waals surface area (Å²) in [5, 5.41) is 10.8. The first-order valence-electron chi connectivity index (χ1n) is 7.04. The van der Waals surface area contributed by atoms with E-state index in [2.05, 4.69) is 0 Å². The maximum Gasteiger partial charge on any atom is 0.416 e. The summed E-state index contributed by atoms with van der Waals surface area (Å²) in [6, 6.07) is -1.42. The molecule has 0 heterocycles. The number of alkyl halides is 6. The number of hydrogen-bond donors (Lipinski definition) is 2. The highest BCUT2D eigenvalue weighted by molar-refractivity contribution is 5.97. The average Bonchev–Trinajstić information content (AvgIpc) is 2.48. The molecule has 0 saturated carbocycles. The molecule has 1 rings (SSSR count). The van der Waals surface area contributed by atoms with E-state index in [4.69, 9.17) is 5.11 Å². The van der Waals surface area contributed by atoms with E-state index in [1.165, 1.54) is 0 Å². The molecule has 2 N–H and O–H groups in total. The minimum Gasteiger partial charge on any atom is -0.480 e. The van der Waals surface area contributed by atoms with Crippen molar-refractivity contribution in [1.82, 2.24) is 5.32 Å². The number of rotatable bonds is 6. The van der Waals surface area contributed by atoms with E-state index in [1.54, 1.807) is 0 Å². The third-order valence-corrected chi connectivity index (χ3v) is 3.24. The van der Waals surface area contributed by atoms with Gasteiger partial charge in [0.15, 0.2) is 0 Å². The molecule has 0 aliphatic rings. The zero-order chi connectivity index (χ0) is 20.3. The highest BCUT2D eigenvalue weighted by Crippen LogP contribution is 2.36. The van der Waals surface area contributed by atoms with Gasteiger partial charge in [0.05, 0.1) is 11.1 Å². The summed E-state index contributed by atoms with van der Waals surface area (Å²) in [4.78, 5) is 33.9. The SMILES string of the molecule is CC(=O)CC[C@@H](NC(=O)c1cc(C(F)(F)F)cc(C(F)(F)F)c1)C(=O)O. The molecule has 5 nitrogen and oxygen atoms in total. The van der Waals surface area contributed by atoms with Crippen LogP contribution in [-0.4, -0.2) is 28.8 Å². The van der Waals surface area contributed by atoms with Crippen LogP contribution in [0.25, 0.3) is 0 Å². The Morgan fingerprint density at radius 1 is 1.00 bits per heavy atom. The monoisotopic (exact) mass is 385 g/mol. The smallest absolute Gasteiger partial charge is 0.416 e.